The van der Waals surface area contributed by atoms with Crippen molar-refractivity contribution in [3.8, 4) is 5.75 Å². The Labute approximate surface area is 86.3 Å². The number of hydrogen-bond donors (Lipinski definition) is 1. The first kappa shape index (κ1) is 11.0. The van der Waals surface area contributed by atoms with E-state index in [1.165, 1.54) is 0 Å². The van der Waals surface area contributed by atoms with E-state index < -0.39 is 5.82 Å². The van der Waals surface area contributed by atoms with E-state index in [9.17, 15) is 9.18 Å². The first-order valence-electron chi connectivity index (χ1n) is 4.15. The first-order chi connectivity index (χ1) is 6.43. The number of rotatable bonds is 2. The van der Waals surface area contributed by atoms with Gasteiger partial charge in [-0.1, -0.05) is 25.4 Å². The molecule has 1 rings (SSSR count). The molecule has 76 valence electrons. The predicted octanol–water partition coefficient (Wildman–Crippen LogP) is 3.02. The van der Waals surface area contributed by atoms with Crippen LogP contribution in [-0.2, 0) is 0 Å². The van der Waals surface area contributed by atoms with Gasteiger partial charge in [-0.15, -0.1) is 0 Å². The van der Waals surface area contributed by atoms with Crippen molar-refractivity contribution in [1.29, 1.82) is 0 Å². The summed E-state index contributed by atoms with van der Waals surface area (Å²) in [5.41, 5.74) is -0.0807. The van der Waals surface area contributed by atoms with Crippen LogP contribution in [0.1, 0.15) is 24.2 Å². The molecule has 0 saturated heterocycles. The first-order valence-corrected chi connectivity index (χ1v) is 4.53. The zero-order valence-corrected chi connectivity index (χ0v) is 8.60. The summed E-state index contributed by atoms with van der Waals surface area (Å²) in [4.78, 5) is 11.4. The molecule has 0 atom stereocenters. The van der Waals surface area contributed by atoms with E-state index in [-0.39, 0.29) is 28.0 Å². The van der Waals surface area contributed by atoms with Crippen molar-refractivity contribution >= 4 is 17.4 Å². The second-order valence-corrected chi connectivity index (χ2v) is 3.71. The van der Waals surface area contributed by atoms with Gasteiger partial charge in [0.2, 0.25) is 0 Å². The van der Waals surface area contributed by atoms with Crippen LogP contribution < -0.4 is 0 Å². The molecule has 4 heteroatoms. The Morgan fingerprint density at radius 3 is 2.57 bits per heavy atom. The van der Waals surface area contributed by atoms with Gasteiger partial charge in [0.15, 0.2) is 5.78 Å². The fraction of sp³-hybridized carbons (Fsp3) is 0.300. The Balaban J connectivity index is 3.22. The van der Waals surface area contributed by atoms with Crippen molar-refractivity contribution in [2.24, 2.45) is 5.92 Å². The van der Waals surface area contributed by atoms with Gasteiger partial charge in [-0.2, -0.15) is 0 Å². The molecule has 0 amide bonds. The number of carbonyl (C=O) groups excluding carboxylic acids is 1. The average Bonchev–Trinajstić information content (AvgIpc) is 2.10. The molecule has 2 nitrogen and oxygen atoms in total. The summed E-state index contributed by atoms with van der Waals surface area (Å²) in [6.07, 6.45) is 0. The van der Waals surface area contributed by atoms with Gasteiger partial charge >= 0.3 is 0 Å². The predicted molar refractivity (Wildman–Crippen MR) is 52.2 cm³/mol. The Kier molecular flexibility index (Phi) is 3.11. The van der Waals surface area contributed by atoms with Crippen LogP contribution in [0, 0.1) is 11.7 Å². The minimum atomic E-state index is -0.745. The summed E-state index contributed by atoms with van der Waals surface area (Å²) < 4.78 is 13.2. The van der Waals surface area contributed by atoms with Gasteiger partial charge in [-0.25, -0.2) is 4.39 Å². The molecule has 0 radical (unpaired) electrons. The van der Waals surface area contributed by atoms with Crippen LogP contribution in [0.4, 0.5) is 4.39 Å². The molecular weight excluding hydrogens is 207 g/mol. The van der Waals surface area contributed by atoms with Crippen LogP contribution >= 0.6 is 11.6 Å². The highest BCUT2D eigenvalue weighted by Gasteiger charge is 2.17. The summed E-state index contributed by atoms with van der Waals surface area (Å²) in [7, 11) is 0. The molecular formula is C10H10ClFO2. The summed E-state index contributed by atoms with van der Waals surface area (Å²) in [6.45, 7) is 3.34. The molecule has 14 heavy (non-hydrogen) atoms. The van der Waals surface area contributed by atoms with Crippen LogP contribution in [0.3, 0.4) is 0 Å². The molecule has 0 bridgehead atoms. The van der Waals surface area contributed by atoms with Gasteiger partial charge in [-0.3, -0.25) is 4.79 Å². The third kappa shape index (κ3) is 2.04. The molecule has 1 aromatic rings. The minimum absolute atomic E-state index is 0.0181. The SMILES string of the molecule is CC(C)C(=O)c1cc(Cl)c(O)cc1F. The van der Waals surface area contributed by atoms with Gasteiger partial charge in [0.25, 0.3) is 0 Å². The quantitative estimate of drug-likeness (QED) is 0.772. The van der Waals surface area contributed by atoms with Gasteiger partial charge < -0.3 is 5.11 Å². The molecule has 0 saturated carbocycles. The molecule has 1 aromatic carbocycles. The highest BCUT2D eigenvalue weighted by Crippen LogP contribution is 2.27. The number of carbonyl (C=O) groups is 1. The summed E-state index contributed by atoms with van der Waals surface area (Å²) in [5.74, 6) is -1.73. The zero-order valence-electron chi connectivity index (χ0n) is 7.84. The molecule has 0 unspecified atom stereocenters. The molecule has 1 N–H and O–H groups in total. The second-order valence-electron chi connectivity index (χ2n) is 3.30. The van der Waals surface area contributed by atoms with Crippen LogP contribution in [-0.4, -0.2) is 10.9 Å². The van der Waals surface area contributed by atoms with Crippen molar-refractivity contribution in [1.82, 2.24) is 0 Å². The summed E-state index contributed by atoms with van der Waals surface area (Å²) in [6, 6.07) is 1.99. The Hall–Kier alpha value is -1.09. The molecule has 0 fully saturated rings. The van der Waals surface area contributed by atoms with Crippen molar-refractivity contribution in [3.05, 3.63) is 28.5 Å². The fourth-order valence-electron chi connectivity index (χ4n) is 1.04. The van der Waals surface area contributed by atoms with E-state index in [4.69, 9.17) is 16.7 Å². The Morgan fingerprint density at radius 2 is 2.07 bits per heavy atom. The molecule has 0 aliphatic rings. The normalized spacial score (nSPS) is 10.6. The number of Topliss-reactive ketones (excluding diaryl/α,β-unsaturated/α-hetero) is 1. The maximum atomic E-state index is 13.2. The second kappa shape index (κ2) is 3.96. The van der Waals surface area contributed by atoms with E-state index in [1.54, 1.807) is 13.8 Å². The van der Waals surface area contributed by atoms with Gasteiger partial charge in [0, 0.05) is 12.0 Å². The third-order valence-corrected chi connectivity index (χ3v) is 2.13. The smallest absolute Gasteiger partial charge is 0.168 e. The lowest BCUT2D eigenvalue weighted by molar-refractivity contribution is 0.0935. The maximum absolute atomic E-state index is 13.2. The highest BCUT2D eigenvalue weighted by molar-refractivity contribution is 6.32. The van der Waals surface area contributed by atoms with Crippen LogP contribution in [0.15, 0.2) is 12.1 Å². The zero-order chi connectivity index (χ0) is 10.9. The maximum Gasteiger partial charge on any atom is 0.168 e. The lowest BCUT2D eigenvalue weighted by atomic mass is 10.0. The number of hydrogen-bond acceptors (Lipinski definition) is 2. The van der Waals surface area contributed by atoms with E-state index in [0.717, 1.165) is 12.1 Å². The van der Waals surface area contributed by atoms with E-state index in [1.807, 2.05) is 0 Å². The standard InChI is InChI=1S/C10H10ClFO2/c1-5(2)10(14)6-3-7(11)9(13)4-8(6)12/h3-5,13H,1-2H3. The molecule has 0 aromatic heterocycles. The van der Waals surface area contributed by atoms with E-state index >= 15 is 0 Å². The van der Waals surface area contributed by atoms with Crippen molar-refractivity contribution in [2.75, 3.05) is 0 Å². The number of benzene rings is 1. The van der Waals surface area contributed by atoms with E-state index in [0.29, 0.717) is 0 Å². The number of phenolic OH excluding ortho intramolecular Hbond substituents is 1. The van der Waals surface area contributed by atoms with Gasteiger partial charge in [-0.05, 0) is 6.07 Å². The molecule has 0 heterocycles. The minimum Gasteiger partial charge on any atom is -0.506 e. The summed E-state index contributed by atoms with van der Waals surface area (Å²) in [5, 5.41) is 9.04. The Bertz CT molecular complexity index is 375. The fourth-order valence-corrected chi connectivity index (χ4v) is 1.20. The number of ketones is 1. The average molecular weight is 217 g/mol. The number of phenols is 1. The van der Waals surface area contributed by atoms with Gasteiger partial charge in [0.05, 0.1) is 10.6 Å². The highest BCUT2D eigenvalue weighted by atomic mass is 35.5. The van der Waals surface area contributed by atoms with E-state index in [2.05, 4.69) is 0 Å². The molecule has 0 aliphatic heterocycles. The molecule has 0 aliphatic carbocycles. The Morgan fingerprint density at radius 1 is 1.50 bits per heavy atom. The topological polar surface area (TPSA) is 37.3 Å². The lowest BCUT2D eigenvalue weighted by Crippen LogP contribution is -2.09. The van der Waals surface area contributed by atoms with Crippen LogP contribution in [0.25, 0.3) is 0 Å². The van der Waals surface area contributed by atoms with Crippen molar-refractivity contribution in [2.45, 2.75) is 13.8 Å². The van der Waals surface area contributed by atoms with Crippen molar-refractivity contribution in [3.63, 3.8) is 0 Å². The third-order valence-electron chi connectivity index (χ3n) is 1.83. The lowest BCUT2D eigenvalue weighted by Gasteiger charge is -2.06. The van der Waals surface area contributed by atoms with Gasteiger partial charge in [0.1, 0.15) is 11.6 Å². The van der Waals surface area contributed by atoms with Crippen molar-refractivity contribution < 1.29 is 14.3 Å². The number of halogens is 2. The number of aromatic hydroxyl groups is 1. The monoisotopic (exact) mass is 216 g/mol. The summed E-state index contributed by atoms with van der Waals surface area (Å²) >= 11 is 5.57. The largest absolute Gasteiger partial charge is 0.506 e. The molecule has 0 spiro atoms. The van der Waals surface area contributed by atoms with Crippen LogP contribution in [0.2, 0.25) is 5.02 Å². The van der Waals surface area contributed by atoms with Crippen LogP contribution in [0.5, 0.6) is 5.75 Å².